The van der Waals surface area contributed by atoms with Gasteiger partial charge in [-0.3, -0.25) is 9.78 Å². The van der Waals surface area contributed by atoms with Gasteiger partial charge in [0.1, 0.15) is 12.2 Å². The first kappa shape index (κ1) is 14.3. The summed E-state index contributed by atoms with van der Waals surface area (Å²) in [7, 11) is 1.43. The third-order valence-corrected chi connectivity index (χ3v) is 3.08. The summed E-state index contributed by atoms with van der Waals surface area (Å²) in [5.41, 5.74) is -0.762. The van der Waals surface area contributed by atoms with Crippen molar-refractivity contribution in [1.82, 2.24) is 9.55 Å². The predicted molar refractivity (Wildman–Crippen MR) is 75.6 cm³/mol. The highest BCUT2D eigenvalue weighted by atomic mass is 79.9. The second kappa shape index (κ2) is 5.87. The summed E-state index contributed by atoms with van der Waals surface area (Å²) < 4.78 is 7.02. The lowest BCUT2D eigenvalue weighted by Crippen LogP contribution is -2.32. The van der Waals surface area contributed by atoms with Gasteiger partial charge >= 0.3 is 11.7 Å². The third kappa shape index (κ3) is 3.24. The monoisotopic (exact) mass is 338 g/mol. The van der Waals surface area contributed by atoms with Gasteiger partial charge in [0.2, 0.25) is 0 Å². The molecule has 0 saturated carbocycles. The van der Waals surface area contributed by atoms with Gasteiger partial charge in [0.15, 0.2) is 0 Å². The van der Waals surface area contributed by atoms with Crippen molar-refractivity contribution >= 4 is 21.9 Å². The van der Waals surface area contributed by atoms with Crippen molar-refractivity contribution in [2.24, 2.45) is 7.05 Å². The van der Waals surface area contributed by atoms with Crippen LogP contribution in [0.4, 0.5) is 0 Å². The van der Waals surface area contributed by atoms with Gasteiger partial charge in [0, 0.05) is 17.7 Å². The Balaban J connectivity index is 2.15. The van der Waals surface area contributed by atoms with Gasteiger partial charge in [-0.05, 0) is 17.7 Å². The number of aromatic amines is 1. The van der Waals surface area contributed by atoms with E-state index in [1.165, 1.54) is 7.05 Å². The maximum absolute atomic E-state index is 11.8. The van der Waals surface area contributed by atoms with E-state index in [1.807, 2.05) is 17.1 Å². The van der Waals surface area contributed by atoms with Crippen LogP contribution in [0.1, 0.15) is 15.9 Å². The first-order valence-corrected chi connectivity index (χ1v) is 6.48. The molecule has 6 nitrogen and oxygen atoms in total. The van der Waals surface area contributed by atoms with Gasteiger partial charge in [-0.25, -0.2) is 9.59 Å². The normalized spacial score (nSPS) is 10.3. The predicted octanol–water partition coefficient (Wildman–Crippen LogP) is 1.19. The highest BCUT2D eigenvalue weighted by molar-refractivity contribution is 9.10. The van der Waals surface area contributed by atoms with E-state index in [4.69, 9.17) is 4.74 Å². The Morgan fingerprint density at radius 3 is 2.85 bits per heavy atom. The molecule has 0 radical (unpaired) electrons. The van der Waals surface area contributed by atoms with Crippen molar-refractivity contribution in [3.63, 3.8) is 0 Å². The number of nitrogens with zero attached hydrogens (tertiary/aromatic N) is 1. The van der Waals surface area contributed by atoms with Crippen LogP contribution in [0.3, 0.4) is 0 Å². The molecule has 0 aliphatic rings. The van der Waals surface area contributed by atoms with Crippen molar-refractivity contribution < 1.29 is 9.53 Å². The zero-order valence-corrected chi connectivity index (χ0v) is 12.1. The van der Waals surface area contributed by atoms with Crippen LogP contribution in [0, 0.1) is 0 Å². The molecule has 2 rings (SSSR count). The van der Waals surface area contributed by atoms with E-state index in [0.717, 1.165) is 20.8 Å². The average molecular weight is 339 g/mol. The van der Waals surface area contributed by atoms with Crippen LogP contribution in [0.2, 0.25) is 0 Å². The summed E-state index contributed by atoms with van der Waals surface area (Å²) in [6.07, 6.45) is 1.16. The maximum Gasteiger partial charge on any atom is 0.345 e. The molecule has 7 heteroatoms. The molecule has 0 aliphatic carbocycles. The number of esters is 1. The average Bonchev–Trinajstić information content (AvgIpc) is 2.40. The Morgan fingerprint density at radius 2 is 2.15 bits per heavy atom. The topological polar surface area (TPSA) is 81.2 Å². The maximum atomic E-state index is 11.8. The van der Waals surface area contributed by atoms with E-state index in [1.54, 1.807) is 12.1 Å². The van der Waals surface area contributed by atoms with Crippen LogP contribution in [0.15, 0.2) is 44.5 Å². The lowest BCUT2D eigenvalue weighted by Gasteiger charge is -2.05. The second-order valence-electron chi connectivity index (χ2n) is 4.12. The number of hydrogen-bond donors (Lipinski definition) is 1. The Morgan fingerprint density at radius 1 is 1.40 bits per heavy atom. The molecule has 1 aromatic heterocycles. The molecule has 104 valence electrons. The molecule has 0 aliphatic heterocycles. The Bertz CT molecular complexity index is 763. The largest absolute Gasteiger partial charge is 0.457 e. The number of aromatic nitrogens is 2. The molecule has 0 unspecified atom stereocenters. The van der Waals surface area contributed by atoms with E-state index in [-0.39, 0.29) is 12.2 Å². The molecule has 0 fully saturated rings. The Labute approximate surface area is 122 Å². The molecule has 0 amide bonds. The Hall–Kier alpha value is -2.15. The van der Waals surface area contributed by atoms with E-state index in [2.05, 4.69) is 15.9 Å². The SMILES string of the molecule is Cn1cc(C(=O)OCc2cccc(Br)c2)c(=O)[nH]c1=O. The van der Waals surface area contributed by atoms with Gasteiger partial charge in [-0.1, -0.05) is 28.1 Å². The number of carbonyl (C=O) groups excluding carboxylic acids is 1. The van der Waals surface area contributed by atoms with E-state index in [9.17, 15) is 14.4 Å². The summed E-state index contributed by atoms with van der Waals surface area (Å²) >= 11 is 3.31. The number of benzene rings is 1. The molecule has 20 heavy (non-hydrogen) atoms. The quantitative estimate of drug-likeness (QED) is 0.852. The Kier molecular flexibility index (Phi) is 4.19. The minimum absolute atomic E-state index is 0.0422. The minimum Gasteiger partial charge on any atom is -0.457 e. The fraction of sp³-hybridized carbons (Fsp3) is 0.154. The van der Waals surface area contributed by atoms with Gasteiger partial charge < -0.3 is 9.30 Å². The minimum atomic E-state index is -0.776. The van der Waals surface area contributed by atoms with Gasteiger partial charge in [0.05, 0.1) is 0 Å². The summed E-state index contributed by atoms with van der Waals surface area (Å²) in [5, 5.41) is 0. The van der Waals surface area contributed by atoms with Gasteiger partial charge in [0.25, 0.3) is 5.56 Å². The van der Waals surface area contributed by atoms with Crippen molar-refractivity contribution in [3.05, 3.63) is 66.9 Å². The van der Waals surface area contributed by atoms with Crippen molar-refractivity contribution in [3.8, 4) is 0 Å². The lowest BCUT2D eigenvalue weighted by molar-refractivity contribution is 0.0469. The first-order chi connectivity index (χ1) is 9.47. The van der Waals surface area contributed by atoms with Crippen LogP contribution in [-0.2, 0) is 18.4 Å². The van der Waals surface area contributed by atoms with Crippen LogP contribution < -0.4 is 11.2 Å². The summed E-state index contributed by atoms with van der Waals surface area (Å²) in [4.78, 5) is 36.6. The summed E-state index contributed by atoms with van der Waals surface area (Å²) in [5.74, 6) is -0.776. The van der Waals surface area contributed by atoms with E-state index >= 15 is 0 Å². The van der Waals surface area contributed by atoms with Gasteiger partial charge in [-0.2, -0.15) is 0 Å². The molecule has 1 aromatic carbocycles. The molecular formula is C13H11BrN2O4. The molecule has 1 heterocycles. The fourth-order valence-electron chi connectivity index (χ4n) is 1.56. The number of hydrogen-bond acceptors (Lipinski definition) is 4. The smallest absolute Gasteiger partial charge is 0.345 e. The number of halogens is 1. The number of carbonyl (C=O) groups is 1. The highest BCUT2D eigenvalue weighted by Crippen LogP contribution is 2.12. The van der Waals surface area contributed by atoms with Crippen molar-refractivity contribution in [2.45, 2.75) is 6.61 Å². The molecule has 0 spiro atoms. The lowest BCUT2D eigenvalue weighted by atomic mass is 10.2. The van der Waals surface area contributed by atoms with Crippen molar-refractivity contribution in [1.29, 1.82) is 0 Å². The number of aryl methyl sites for hydroxylation is 1. The zero-order chi connectivity index (χ0) is 14.7. The summed E-state index contributed by atoms with van der Waals surface area (Å²) in [6, 6.07) is 7.26. The van der Waals surface area contributed by atoms with Crippen molar-refractivity contribution in [2.75, 3.05) is 0 Å². The number of H-pyrrole nitrogens is 1. The summed E-state index contributed by atoms with van der Waals surface area (Å²) in [6.45, 7) is 0.0422. The number of rotatable bonds is 3. The third-order valence-electron chi connectivity index (χ3n) is 2.59. The van der Waals surface area contributed by atoms with Crippen LogP contribution >= 0.6 is 15.9 Å². The zero-order valence-electron chi connectivity index (χ0n) is 10.6. The van der Waals surface area contributed by atoms with E-state index in [0.29, 0.717) is 0 Å². The molecular weight excluding hydrogens is 328 g/mol. The number of nitrogens with one attached hydrogen (secondary N) is 1. The second-order valence-corrected chi connectivity index (χ2v) is 5.03. The molecule has 0 bridgehead atoms. The standard InChI is InChI=1S/C13H11BrN2O4/c1-16-6-10(11(17)15-13(16)19)12(18)20-7-8-3-2-4-9(14)5-8/h2-6H,7H2,1H3,(H,15,17,19). The van der Waals surface area contributed by atoms with E-state index < -0.39 is 17.2 Å². The molecule has 0 saturated heterocycles. The molecule has 0 atom stereocenters. The highest BCUT2D eigenvalue weighted by Gasteiger charge is 2.13. The molecule has 2 aromatic rings. The van der Waals surface area contributed by atoms with Crippen LogP contribution in [-0.4, -0.2) is 15.5 Å². The van der Waals surface area contributed by atoms with Crippen LogP contribution in [0.25, 0.3) is 0 Å². The molecule has 1 N–H and O–H groups in total. The van der Waals surface area contributed by atoms with Crippen LogP contribution in [0.5, 0.6) is 0 Å². The number of ether oxygens (including phenoxy) is 1. The fourth-order valence-corrected chi connectivity index (χ4v) is 2.01. The first-order valence-electron chi connectivity index (χ1n) is 5.69. The van der Waals surface area contributed by atoms with Gasteiger partial charge in [-0.15, -0.1) is 0 Å².